The molecule has 2 heterocycles. The Bertz CT molecular complexity index is 972. The Hall–Kier alpha value is -2.94. The smallest absolute Gasteiger partial charge is 0.196 e. The number of pyridine rings is 1. The Kier molecular flexibility index (Phi) is 3.62. The van der Waals surface area contributed by atoms with E-state index in [0.717, 1.165) is 34.1 Å². The molecule has 0 atom stereocenters. The number of fused-ring (bicyclic) bond motifs is 2. The van der Waals surface area contributed by atoms with Gasteiger partial charge in [0.2, 0.25) is 0 Å². The quantitative estimate of drug-likeness (QED) is 0.656. The molecule has 0 saturated heterocycles. The first-order valence-electron chi connectivity index (χ1n) is 8.10. The summed E-state index contributed by atoms with van der Waals surface area (Å²) in [5, 5.41) is 2.20. The molecule has 1 aromatic heterocycles. The minimum Gasteiger partial charge on any atom is -0.488 e. The minimum atomic E-state index is 0.0568. The van der Waals surface area contributed by atoms with E-state index in [1.54, 1.807) is 6.20 Å². The van der Waals surface area contributed by atoms with Crippen molar-refractivity contribution in [1.29, 1.82) is 0 Å². The largest absolute Gasteiger partial charge is 0.488 e. The highest BCUT2D eigenvalue weighted by Gasteiger charge is 2.24. The maximum atomic E-state index is 12.8. The molecule has 0 fully saturated rings. The fraction of sp³-hybridized carbons (Fsp3) is 0.143. The molecule has 0 N–H and O–H groups in total. The van der Waals surface area contributed by atoms with Crippen LogP contribution >= 0.6 is 0 Å². The summed E-state index contributed by atoms with van der Waals surface area (Å²) in [6.45, 7) is 2.38. The van der Waals surface area contributed by atoms with Crippen LogP contribution in [0.5, 0.6) is 5.75 Å². The Balaban J connectivity index is 1.73. The number of hydrogen-bond donors (Lipinski definition) is 0. The van der Waals surface area contributed by atoms with Crippen molar-refractivity contribution < 1.29 is 9.53 Å². The Morgan fingerprint density at radius 3 is 2.96 bits per heavy atom. The van der Waals surface area contributed by atoms with E-state index in [0.29, 0.717) is 17.7 Å². The standard InChI is InChI=1S/C21H17NO2/c1-2-15-4-3-5-19-20(23)18(13-24-21(15)19)11-14-6-7-17-12-22-9-8-16(17)10-14/h3-12H,2,13H2,1H3/b18-11+. The molecule has 0 unspecified atom stereocenters. The van der Waals surface area contributed by atoms with E-state index in [-0.39, 0.29) is 5.78 Å². The maximum Gasteiger partial charge on any atom is 0.196 e. The summed E-state index contributed by atoms with van der Waals surface area (Å²) < 4.78 is 5.89. The number of hydrogen-bond acceptors (Lipinski definition) is 3. The zero-order chi connectivity index (χ0) is 16.5. The van der Waals surface area contributed by atoms with Gasteiger partial charge in [0, 0.05) is 23.4 Å². The van der Waals surface area contributed by atoms with Crippen LogP contribution in [0.2, 0.25) is 0 Å². The molecular weight excluding hydrogens is 298 g/mol. The summed E-state index contributed by atoms with van der Waals surface area (Å²) in [4.78, 5) is 16.9. The fourth-order valence-corrected chi connectivity index (χ4v) is 3.10. The van der Waals surface area contributed by atoms with Gasteiger partial charge >= 0.3 is 0 Å². The molecule has 3 aromatic rings. The van der Waals surface area contributed by atoms with Gasteiger partial charge in [0.15, 0.2) is 5.78 Å². The van der Waals surface area contributed by atoms with Crippen molar-refractivity contribution >= 4 is 22.6 Å². The maximum absolute atomic E-state index is 12.8. The van der Waals surface area contributed by atoms with Crippen molar-refractivity contribution in [3.05, 3.63) is 77.1 Å². The second kappa shape index (κ2) is 5.93. The zero-order valence-electron chi connectivity index (χ0n) is 13.5. The zero-order valence-corrected chi connectivity index (χ0v) is 13.5. The van der Waals surface area contributed by atoms with E-state index in [4.69, 9.17) is 4.74 Å². The van der Waals surface area contributed by atoms with Gasteiger partial charge in [-0.05, 0) is 47.2 Å². The van der Waals surface area contributed by atoms with Crippen LogP contribution in [-0.4, -0.2) is 17.4 Å². The molecule has 3 heteroatoms. The molecule has 2 aromatic carbocycles. The summed E-state index contributed by atoms with van der Waals surface area (Å²) in [6.07, 6.45) is 6.39. The van der Waals surface area contributed by atoms with E-state index in [2.05, 4.69) is 18.0 Å². The number of benzene rings is 2. The van der Waals surface area contributed by atoms with Gasteiger partial charge in [-0.2, -0.15) is 0 Å². The van der Waals surface area contributed by atoms with Gasteiger partial charge in [-0.25, -0.2) is 0 Å². The molecule has 0 amide bonds. The lowest BCUT2D eigenvalue weighted by molar-refractivity contribution is 0.100. The number of aryl methyl sites for hydroxylation is 1. The molecule has 0 spiro atoms. The van der Waals surface area contributed by atoms with E-state index < -0.39 is 0 Å². The molecule has 3 nitrogen and oxygen atoms in total. The van der Waals surface area contributed by atoms with Crippen molar-refractivity contribution in [3.8, 4) is 5.75 Å². The first-order valence-corrected chi connectivity index (χ1v) is 8.10. The van der Waals surface area contributed by atoms with Gasteiger partial charge in [-0.15, -0.1) is 0 Å². The molecule has 0 radical (unpaired) electrons. The predicted molar refractivity (Wildman–Crippen MR) is 95.4 cm³/mol. The average molecular weight is 315 g/mol. The summed E-state index contributed by atoms with van der Waals surface area (Å²) in [6, 6.07) is 13.8. The first kappa shape index (κ1) is 14.6. The predicted octanol–water partition coefficient (Wildman–Crippen LogP) is 4.46. The van der Waals surface area contributed by atoms with E-state index in [1.807, 2.05) is 48.7 Å². The van der Waals surface area contributed by atoms with Gasteiger partial charge in [-0.1, -0.05) is 31.2 Å². The number of ether oxygens (including phenoxy) is 1. The van der Waals surface area contributed by atoms with Crippen LogP contribution in [0.25, 0.3) is 16.8 Å². The van der Waals surface area contributed by atoms with Crippen molar-refractivity contribution in [2.75, 3.05) is 6.61 Å². The monoisotopic (exact) mass is 315 g/mol. The van der Waals surface area contributed by atoms with Gasteiger partial charge in [0.25, 0.3) is 0 Å². The number of ketones is 1. The van der Waals surface area contributed by atoms with Crippen LogP contribution in [0, 0.1) is 0 Å². The van der Waals surface area contributed by atoms with Crippen molar-refractivity contribution in [3.63, 3.8) is 0 Å². The van der Waals surface area contributed by atoms with E-state index >= 15 is 0 Å². The Labute approximate surface area is 140 Å². The van der Waals surface area contributed by atoms with Gasteiger partial charge in [-0.3, -0.25) is 9.78 Å². The van der Waals surface area contributed by atoms with Crippen molar-refractivity contribution in [2.45, 2.75) is 13.3 Å². The molecule has 0 saturated carbocycles. The van der Waals surface area contributed by atoms with E-state index in [1.165, 1.54) is 0 Å². The number of nitrogens with zero attached hydrogens (tertiary/aromatic N) is 1. The normalized spacial score (nSPS) is 15.4. The number of Topliss-reactive ketones (excluding diaryl/α,β-unsaturated/α-hetero) is 1. The molecule has 1 aliphatic rings. The number of carbonyl (C=O) groups is 1. The van der Waals surface area contributed by atoms with Crippen LogP contribution in [0.3, 0.4) is 0 Å². The van der Waals surface area contributed by atoms with Crippen LogP contribution in [0.4, 0.5) is 0 Å². The topological polar surface area (TPSA) is 39.2 Å². The van der Waals surface area contributed by atoms with Gasteiger partial charge in [0.1, 0.15) is 12.4 Å². The average Bonchev–Trinajstić information content (AvgIpc) is 2.63. The van der Waals surface area contributed by atoms with Gasteiger partial charge < -0.3 is 4.74 Å². The molecule has 0 aliphatic carbocycles. The molecule has 24 heavy (non-hydrogen) atoms. The lowest BCUT2D eigenvalue weighted by Gasteiger charge is -2.21. The lowest BCUT2D eigenvalue weighted by atomic mass is 9.95. The third kappa shape index (κ3) is 2.48. The number of para-hydroxylation sites is 1. The molecule has 0 bridgehead atoms. The molecular formula is C21H17NO2. The van der Waals surface area contributed by atoms with Crippen molar-refractivity contribution in [2.24, 2.45) is 0 Å². The second-order valence-electron chi connectivity index (χ2n) is 5.92. The first-order chi connectivity index (χ1) is 11.8. The number of carbonyl (C=O) groups excluding carboxylic acids is 1. The minimum absolute atomic E-state index is 0.0568. The van der Waals surface area contributed by atoms with Crippen LogP contribution in [-0.2, 0) is 6.42 Å². The van der Waals surface area contributed by atoms with E-state index in [9.17, 15) is 4.79 Å². The third-order valence-electron chi connectivity index (χ3n) is 4.39. The lowest BCUT2D eigenvalue weighted by Crippen LogP contribution is -2.20. The molecule has 1 aliphatic heterocycles. The Morgan fingerprint density at radius 2 is 2.08 bits per heavy atom. The third-order valence-corrected chi connectivity index (χ3v) is 4.39. The van der Waals surface area contributed by atoms with Crippen LogP contribution < -0.4 is 4.74 Å². The van der Waals surface area contributed by atoms with Crippen LogP contribution in [0.1, 0.15) is 28.4 Å². The summed E-state index contributed by atoms with van der Waals surface area (Å²) in [7, 11) is 0. The summed E-state index contributed by atoms with van der Waals surface area (Å²) >= 11 is 0. The highest BCUT2D eigenvalue weighted by Crippen LogP contribution is 2.32. The number of rotatable bonds is 2. The highest BCUT2D eigenvalue weighted by atomic mass is 16.5. The second-order valence-corrected chi connectivity index (χ2v) is 5.92. The SMILES string of the molecule is CCc1cccc2c1OC/C(=C\c1ccc3cnccc3c1)C2=O. The highest BCUT2D eigenvalue weighted by molar-refractivity contribution is 6.14. The number of aromatic nitrogens is 1. The summed E-state index contributed by atoms with van der Waals surface area (Å²) in [5.41, 5.74) is 3.43. The Morgan fingerprint density at radius 1 is 1.17 bits per heavy atom. The molecule has 118 valence electrons. The van der Waals surface area contributed by atoms with Crippen LogP contribution in [0.15, 0.2) is 60.4 Å². The van der Waals surface area contributed by atoms with Crippen molar-refractivity contribution in [1.82, 2.24) is 4.98 Å². The molecule has 4 rings (SSSR count). The van der Waals surface area contributed by atoms with Gasteiger partial charge in [0.05, 0.1) is 5.56 Å². The fourth-order valence-electron chi connectivity index (χ4n) is 3.10. The summed E-state index contributed by atoms with van der Waals surface area (Å²) in [5.74, 6) is 0.799.